The third kappa shape index (κ3) is 2.03. The normalized spacial score (nSPS) is 39.3. The summed E-state index contributed by atoms with van der Waals surface area (Å²) in [6.45, 7) is 2.30. The highest BCUT2D eigenvalue weighted by atomic mass is 16.3. The smallest absolute Gasteiger partial charge is 0.0857 e. The molecule has 0 saturated heterocycles. The first-order valence-electron chi connectivity index (χ1n) is 6.13. The van der Waals surface area contributed by atoms with E-state index in [2.05, 4.69) is 13.0 Å². The van der Waals surface area contributed by atoms with Gasteiger partial charge in [0.25, 0.3) is 0 Å². The summed E-state index contributed by atoms with van der Waals surface area (Å²) in [4.78, 5) is 0. The van der Waals surface area contributed by atoms with Gasteiger partial charge in [-0.25, -0.2) is 0 Å². The van der Waals surface area contributed by atoms with Crippen molar-refractivity contribution in [1.29, 1.82) is 0 Å². The van der Waals surface area contributed by atoms with Gasteiger partial charge in [-0.1, -0.05) is 13.0 Å². The van der Waals surface area contributed by atoms with Crippen LogP contribution < -0.4 is 0 Å². The fourth-order valence-corrected chi connectivity index (χ4v) is 2.82. The van der Waals surface area contributed by atoms with Crippen LogP contribution in [-0.2, 0) is 0 Å². The summed E-state index contributed by atoms with van der Waals surface area (Å²) in [7, 11) is 0. The number of aliphatic hydroxyl groups is 1. The van der Waals surface area contributed by atoms with Crippen LogP contribution in [0.25, 0.3) is 0 Å². The van der Waals surface area contributed by atoms with Crippen molar-refractivity contribution in [2.24, 2.45) is 5.92 Å². The van der Waals surface area contributed by atoms with Crippen molar-refractivity contribution < 1.29 is 5.11 Å². The second-order valence-electron chi connectivity index (χ2n) is 5.19. The highest BCUT2D eigenvalue weighted by Gasteiger charge is 2.35. The zero-order chi connectivity index (χ0) is 10.0. The summed E-state index contributed by atoms with van der Waals surface area (Å²) in [5, 5.41) is 10.5. The first-order valence-corrected chi connectivity index (χ1v) is 6.13. The fourth-order valence-electron chi connectivity index (χ4n) is 2.82. The van der Waals surface area contributed by atoms with Crippen molar-refractivity contribution in [3.05, 3.63) is 11.6 Å². The predicted octanol–water partition coefficient (Wildman–Crippen LogP) is 3.43. The maximum atomic E-state index is 10.5. The van der Waals surface area contributed by atoms with Crippen LogP contribution >= 0.6 is 0 Å². The molecular formula is C13H22O. The molecule has 2 rings (SSSR count). The molecule has 0 aromatic heterocycles. The van der Waals surface area contributed by atoms with Crippen LogP contribution in [0.3, 0.4) is 0 Å². The van der Waals surface area contributed by atoms with Crippen LogP contribution in [0, 0.1) is 5.92 Å². The quantitative estimate of drug-likeness (QED) is 0.634. The molecule has 0 amide bonds. The summed E-state index contributed by atoms with van der Waals surface area (Å²) >= 11 is 0. The third-order valence-electron chi connectivity index (χ3n) is 3.99. The Morgan fingerprint density at radius 2 is 2.00 bits per heavy atom. The minimum absolute atomic E-state index is 0.410. The molecule has 1 N–H and O–H groups in total. The molecule has 14 heavy (non-hydrogen) atoms. The Bertz CT molecular complexity index is 221. The first-order chi connectivity index (χ1) is 6.71. The van der Waals surface area contributed by atoms with E-state index >= 15 is 0 Å². The van der Waals surface area contributed by atoms with Crippen LogP contribution in [0.1, 0.15) is 58.3 Å². The molecule has 2 aliphatic rings. The Hall–Kier alpha value is -0.300. The molecule has 0 bridgehead atoms. The van der Waals surface area contributed by atoms with Crippen LogP contribution in [0.5, 0.6) is 0 Å². The lowest BCUT2D eigenvalue weighted by Crippen LogP contribution is -2.36. The van der Waals surface area contributed by atoms with Crippen LogP contribution in [0.2, 0.25) is 0 Å². The highest BCUT2D eigenvalue weighted by molar-refractivity contribution is 5.19. The van der Waals surface area contributed by atoms with E-state index in [1.807, 2.05) is 0 Å². The van der Waals surface area contributed by atoms with Gasteiger partial charge in [0.1, 0.15) is 0 Å². The van der Waals surface area contributed by atoms with Crippen LogP contribution in [0.15, 0.2) is 11.6 Å². The lowest BCUT2D eigenvalue weighted by molar-refractivity contribution is 0.0225. The van der Waals surface area contributed by atoms with E-state index < -0.39 is 5.60 Å². The molecule has 0 spiro atoms. The lowest BCUT2D eigenvalue weighted by atomic mass is 9.73. The Morgan fingerprint density at radius 3 is 2.57 bits per heavy atom. The van der Waals surface area contributed by atoms with Crippen LogP contribution in [0.4, 0.5) is 0 Å². The molecule has 0 aliphatic heterocycles. The average molecular weight is 194 g/mol. The minimum atomic E-state index is -0.410. The van der Waals surface area contributed by atoms with Gasteiger partial charge in [0.05, 0.1) is 5.60 Å². The molecule has 0 unspecified atom stereocenters. The Morgan fingerprint density at radius 1 is 1.29 bits per heavy atom. The van der Waals surface area contributed by atoms with Crippen molar-refractivity contribution in [3.63, 3.8) is 0 Å². The summed E-state index contributed by atoms with van der Waals surface area (Å²) < 4.78 is 0. The van der Waals surface area contributed by atoms with E-state index in [-0.39, 0.29) is 0 Å². The van der Waals surface area contributed by atoms with Gasteiger partial charge in [-0.15, -0.1) is 0 Å². The van der Waals surface area contributed by atoms with Crippen LogP contribution in [-0.4, -0.2) is 10.7 Å². The number of allylic oxidation sites excluding steroid dienone is 1. The van der Waals surface area contributed by atoms with E-state index in [1.54, 1.807) is 0 Å². The topological polar surface area (TPSA) is 20.2 Å². The first kappa shape index (κ1) is 10.2. The maximum absolute atomic E-state index is 10.5. The van der Waals surface area contributed by atoms with Crippen molar-refractivity contribution >= 4 is 0 Å². The van der Waals surface area contributed by atoms with Crippen molar-refractivity contribution in [2.45, 2.75) is 63.9 Å². The van der Waals surface area contributed by atoms with Gasteiger partial charge in [-0.05, 0) is 62.9 Å². The third-order valence-corrected chi connectivity index (χ3v) is 3.99. The van der Waals surface area contributed by atoms with Gasteiger partial charge in [0, 0.05) is 0 Å². The zero-order valence-corrected chi connectivity index (χ0v) is 9.26. The zero-order valence-electron chi connectivity index (χ0n) is 9.26. The van der Waals surface area contributed by atoms with Gasteiger partial charge in [-0.2, -0.15) is 0 Å². The van der Waals surface area contributed by atoms with Gasteiger partial charge < -0.3 is 5.11 Å². The van der Waals surface area contributed by atoms with Crippen molar-refractivity contribution in [3.8, 4) is 0 Å². The number of hydrogen-bond donors (Lipinski definition) is 1. The second kappa shape index (κ2) is 4.06. The van der Waals surface area contributed by atoms with Crippen molar-refractivity contribution in [1.82, 2.24) is 0 Å². The maximum Gasteiger partial charge on any atom is 0.0857 e. The summed E-state index contributed by atoms with van der Waals surface area (Å²) in [5.41, 5.74) is 0.947. The fraction of sp³-hybridized carbons (Fsp3) is 0.846. The summed E-state index contributed by atoms with van der Waals surface area (Å²) in [6, 6.07) is 0. The van der Waals surface area contributed by atoms with E-state index in [0.29, 0.717) is 0 Å². The molecule has 80 valence electrons. The molecule has 0 atom stereocenters. The highest BCUT2D eigenvalue weighted by Crippen LogP contribution is 2.40. The average Bonchev–Trinajstić information content (AvgIpc) is 2.24. The summed E-state index contributed by atoms with van der Waals surface area (Å²) in [6.07, 6.45) is 11.6. The Kier molecular flexibility index (Phi) is 2.96. The van der Waals surface area contributed by atoms with Gasteiger partial charge in [0.2, 0.25) is 0 Å². The van der Waals surface area contributed by atoms with Gasteiger partial charge >= 0.3 is 0 Å². The Labute approximate surface area is 87.2 Å². The molecule has 1 fully saturated rings. The van der Waals surface area contributed by atoms with E-state index in [1.165, 1.54) is 37.7 Å². The lowest BCUT2D eigenvalue weighted by Gasteiger charge is -2.38. The summed E-state index contributed by atoms with van der Waals surface area (Å²) in [5.74, 6) is 0.819. The molecule has 0 aromatic rings. The molecule has 2 aliphatic carbocycles. The number of rotatable bonds is 1. The van der Waals surface area contributed by atoms with E-state index in [9.17, 15) is 5.11 Å². The Balaban J connectivity index is 2.04. The molecule has 1 saturated carbocycles. The second-order valence-corrected chi connectivity index (χ2v) is 5.19. The standard InChI is InChI=1S/C13H22O/c1-11-7-9-13(14,10-8-11)12-5-3-2-4-6-12/h5,11,14H,2-4,6-10H2,1H3. The SMILES string of the molecule is CC1CCC(O)(C2=CCCCC2)CC1. The molecule has 1 nitrogen and oxygen atoms in total. The van der Waals surface area contributed by atoms with E-state index in [4.69, 9.17) is 0 Å². The molecule has 0 aromatic carbocycles. The van der Waals surface area contributed by atoms with E-state index in [0.717, 1.165) is 25.2 Å². The van der Waals surface area contributed by atoms with Crippen molar-refractivity contribution in [2.75, 3.05) is 0 Å². The molecule has 0 heterocycles. The molecular weight excluding hydrogens is 172 g/mol. The number of hydrogen-bond acceptors (Lipinski definition) is 1. The molecule has 0 radical (unpaired) electrons. The van der Waals surface area contributed by atoms with Gasteiger partial charge in [-0.3, -0.25) is 0 Å². The predicted molar refractivity (Wildman–Crippen MR) is 59.1 cm³/mol. The monoisotopic (exact) mass is 194 g/mol. The molecule has 1 heteroatoms. The minimum Gasteiger partial charge on any atom is -0.386 e. The van der Waals surface area contributed by atoms with Gasteiger partial charge in [0.15, 0.2) is 0 Å². The largest absolute Gasteiger partial charge is 0.386 e.